The van der Waals surface area contributed by atoms with Crippen LogP contribution >= 0.6 is 0 Å². The highest BCUT2D eigenvalue weighted by Gasteiger charge is 1.90. The van der Waals surface area contributed by atoms with Gasteiger partial charge in [0.1, 0.15) is 0 Å². The monoisotopic (exact) mass is 201 g/mol. The van der Waals surface area contributed by atoms with Crippen molar-refractivity contribution in [2.45, 2.75) is 84.5 Å². The molecule has 0 aromatic heterocycles. The van der Waals surface area contributed by atoms with E-state index < -0.39 is 0 Å². The summed E-state index contributed by atoms with van der Waals surface area (Å²) in [4.78, 5) is 0. The van der Waals surface area contributed by atoms with E-state index in [1.165, 1.54) is 70.6 Å². The summed E-state index contributed by atoms with van der Waals surface area (Å²) < 4.78 is 0. The lowest BCUT2D eigenvalue weighted by Crippen LogP contribution is -1.80. The second kappa shape index (κ2) is 15.4. The van der Waals surface area contributed by atoms with Gasteiger partial charge in [0.05, 0.1) is 0 Å². The Morgan fingerprint density at radius 2 is 0.643 bits per heavy atom. The zero-order chi connectivity index (χ0) is 9.78. The van der Waals surface area contributed by atoms with E-state index in [0.29, 0.717) is 0 Å². The van der Waals surface area contributed by atoms with Gasteiger partial charge in [0.2, 0.25) is 0 Å². The molecule has 0 aliphatic heterocycles. The quantitative estimate of drug-likeness (QED) is 0.467. The van der Waals surface area contributed by atoms with Gasteiger partial charge in [0.25, 0.3) is 0 Å². The molecule has 0 atom stereocenters. The molecule has 0 aliphatic carbocycles. The van der Waals surface area contributed by atoms with Crippen LogP contribution in [0.15, 0.2) is 0 Å². The normalized spacial score (nSPS) is 9.86. The highest BCUT2D eigenvalue weighted by atomic mass is 14.0. The molecule has 0 unspecified atom stereocenters. The molecule has 0 aromatic rings. The first-order chi connectivity index (χ1) is 6.41. The van der Waals surface area contributed by atoms with Crippen LogP contribution in [-0.4, -0.2) is 0 Å². The maximum atomic E-state index is 2.28. The lowest BCUT2D eigenvalue weighted by molar-refractivity contribution is 0.554. The van der Waals surface area contributed by atoms with E-state index in [-0.39, 0.29) is 6.15 Å². The zero-order valence-corrected chi connectivity index (χ0v) is 10.5. The molecule has 1 heteroatoms. The van der Waals surface area contributed by atoms with Gasteiger partial charge >= 0.3 is 0 Å². The molecule has 88 valence electrons. The number of rotatable bonds is 10. The van der Waals surface area contributed by atoms with Gasteiger partial charge in [-0.05, 0) is 0 Å². The third kappa shape index (κ3) is 14.5. The van der Waals surface area contributed by atoms with E-state index in [1.807, 2.05) is 0 Å². The molecule has 0 fully saturated rings. The lowest BCUT2D eigenvalue weighted by atomic mass is 10.1. The molecule has 0 aromatic carbocycles. The minimum atomic E-state index is 0. The molecule has 0 radical (unpaired) electrons. The fraction of sp³-hybridized carbons (Fsp3) is 1.00. The van der Waals surface area contributed by atoms with Crippen molar-refractivity contribution < 1.29 is 0 Å². The molecule has 0 rings (SSSR count). The van der Waals surface area contributed by atoms with Crippen molar-refractivity contribution in [2.24, 2.45) is 0 Å². The Kier molecular flexibility index (Phi) is 18.1. The van der Waals surface area contributed by atoms with Crippen LogP contribution in [0.3, 0.4) is 0 Å². The Hall–Kier alpha value is -0.0400. The molecule has 0 spiro atoms. The summed E-state index contributed by atoms with van der Waals surface area (Å²) in [6.45, 7) is 4.56. The predicted octanol–water partition coefficient (Wildman–Crippen LogP) is 5.48. The third-order valence-corrected chi connectivity index (χ3v) is 2.71. The topological polar surface area (TPSA) is 35.0 Å². The van der Waals surface area contributed by atoms with E-state index in [9.17, 15) is 0 Å². The van der Waals surface area contributed by atoms with Crippen molar-refractivity contribution in [1.29, 1.82) is 0 Å². The average molecular weight is 201 g/mol. The Morgan fingerprint density at radius 3 is 0.857 bits per heavy atom. The molecule has 0 saturated heterocycles. The van der Waals surface area contributed by atoms with Crippen LogP contribution in [0.2, 0.25) is 0 Å². The average Bonchev–Trinajstić information content (AvgIpc) is 2.16. The summed E-state index contributed by atoms with van der Waals surface area (Å²) in [5, 5.41) is 0. The number of hydrogen-bond acceptors (Lipinski definition) is 1. The Labute approximate surface area is 91.3 Å². The van der Waals surface area contributed by atoms with Crippen molar-refractivity contribution in [3.05, 3.63) is 0 Å². The predicted molar refractivity (Wildman–Crippen MR) is 67.2 cm³/mol. The Bertz CT molecular complexity index is 71.3. The molecule has 0 heterocycles. The summed E-state index contributed by atoms with van der Waals surface area (Å²) in [5.41, 5.74) is 0. The van der Waals surface area contributed by atoms with Gasteiger partial charge in [0.15, 0.2) is 0 Å². The Morgan fingerprint density at radius 1 is 0.429 bits per heavy atom. The van der Waals surface area contributed by atoms with Crippen LogP contribution in [0.25, 0.3) is 0 Å². The third-order valence-electron chi connectivity index (χ3n) is 2.71. The summed E-state index contributed by atoms with van der Waals surface area (Å²) in [6.07, 6.45) is 15.9. The van der Waals surface area contributed by atoms with Gasteiger partial charge in [-0.1, -0.05) is 84.5 Å². The molecule has 1 nitrogen and oxygen atoms in total. The van der Waals surface area contributed by atoms with Crippen LogP contribution in [0.4, 0.5) is 0 Å². The van der Waals surface area contributed by atoms with Crippen molar-refractivity contribution in [1.82, 2.24) is 6.15 Å². The second-order valence-corrected chi connectivity index (χ2v) is 4.18. The molecular formula is C13H31N. The van der Waals surface area contributed by atoms with Gasteiger partial charge in [-0.15, -0.1) is 0 Å². The van der Waals surface area contributed by atoms with Gasteiger partial charge < -0.3 is 6.15 Å². The number of unbranched alkanes of at least 4 members (excludes halogenated alkanes) is 10. The van der Waals surface area contributed by atoms with Gasteiger partial charge in [-0.3, -0.25) is 0 Å². The molecule has 0 aliphatic rings. The largest absolute Gasteiger partial charge is 0.344 e. The summed E-state index contributed by atoms with van der Waals surface area (Å²) in [7, 11) is 0. The van der Waals surface area contributed by atoms with Crippen LogP contribution in [0, 0.1) is 0 Å². The first kappa shape index (κ1) is 16.4. The molecule has 0 amide bonds. The van der Waals surface area contributed by atoms with E-state index in [0.717, 1.165) is 0 Å². The van der Waals surface area contributed by atoms with Crippen LogP contribution < -0.4 is 6.15 Å². The van der Waals surface area contributed by atoms with Gasteiger partial charge in [-0.2, -0.15) is 0 Å². The smallest absolute Gasteiger partial charge is 0.0533 e. The van der Waals surface area contributed by atoms with E-state index in [1.54, 1.807) is 0 Å². The van der Waals surface area contributed by atoms with Crippen molar-refractivity contribution in [3.8, 4) is 0 Å². The lowest BCUT2D eigenvalue weighted by Gasteiger charge is -2.00. The molecule has 0 saturated carbocycles. The Balaban J connectivity index is 0. The van der Waals surface area contributed by atoms with E-state index in [2.05, 4.69) is 13.8 Å². The second-order valence-electron chi connectivity index (χ2n) is 4.18. The first-order valence-electron chi connectivity index (χ1n) is 6.41. The molecule has 14 heavy (non-hydrogen) atoms. The van der Waals surface area contributed by atoms with E-state index in [4.69, 9.17) is 0 Å². The van der Waals surface area contributed by atoms with Crippen LogP contribution in [0.5, 0.6) is 0 Å². The minimum Gasteiger partial charge on any atom is -0.344 e. The van der Waals surface area contributed by atoms with Gasteiger partial charge in [-0.25, -0.2) is 0 Å². The summed E-state index contributed by atoms with van der Waals surface area (Å²) in [5.74, 6) is 0. The van der Waals surface area contributed by atoms with Crippen LogP contribution in [-0.2, 0) is 0 Å². The fourth-order valence-electron chi connectivity index (χ4n) is 1.74. The highest BCUT2D eigenvalue weighted by Crippen LogP contribution is 2.10. The van der Waals surface area contributed by atoms with E-state index >= 15 is 0 Å². The van der Waals surface area contributed by atoms with Crippen LogP contribution in [0.1, 0.15) is 84.5 Å². The van der Waals surface area contributed by atoms with Crippen molar-refractivity contribution >= 4 is 0 Å². The van der Waals surface area contributed by atoms with Gasteiger partial charge in [0, 0.05) is 0 Å². The SMILES string of the molecule is CCCCCCCCCCCCC.N. The highest BCUT2D eigenvalue weighted by molar-refractivity contribution is 4.46. The molecular weight excluding hydrogens is 170 g/mol. The summed E-state index contributed by atoms with van der Waals surface area (Å²) in [6, 6.07) is 0. The zero-order valence-electron chi connectivity index (χ0n) is 10.5. The fourth-order valence-corrected chi connectivity index (χ4v) is 1.74. The minimum absolute atomic E-state index is 0. The van der Waals surface area contributed by atoms with Crippen molar-refractivity contribution in [2.75, 3.05) is 0 Å². The number of hydrogen-bond donors (Lipinski definition) is 1. The molecule has 3 N–H and O–H groups in total. The maximum Gasteiger partial charge on any atom is -0.0533 e. The molecule has 0 bridgehead atoms. The maximum absolute atomic E-state index is 2.28. The summed E-state index contributed by atoms with van der Waals surface area (Å²) >= 11 is 0. The first-order valence-corrected chi connectivity index (χ1v) is 6.41. The standard InChI is InChI=1S/C13H28.H3N/c1-3-5-7-9-11-13-12-10-8-6-4-2;/h3-13H2,1-2H3;1H3. The van der Waals surface area contributed by atoms with Crippen molar-refractivity contribution in [3.63, 3.8) is 0 Å².